The average molecular weight is 357 g/mol. The molecule has 3 aliphatic rings. The second-order valence-electron chi connectivity index (χ2n) is 8.06. The lowest BCUT2D eigenvalue weighted by Crippen LogP contribution is -2.51. The van der Waals surface area contributed by atoms with Crippen LogP contribution in [0.25, 0.3) is 0 Å². The number of carbonyl (C=O) groups is 1. The Kier molecular flexibility index (Phi) is 5.63. The van der Waals surface area contributed by atoms with E-state index in [1.165, 1.54) is 24.9 Å². The minimum Gasteiger partial charge on any atom is -0.376 e. The maximum absolute atomic E-state index is 12.4. The first-order chi connectivity index (χ1) is 12.8. The fourth-order valence-electron chi connectivity index (χ4n) is 4.33. The third kappa shape index (κ3) is 4.50. The maximum Gasteiger partial charge on any atom is 0.315 e. The topological polar surface area (TPSA) is 53.6 Å². The van der Waals surface area contributed by atoms with Crippen LogP contribution in [-0.2, 0) is 4.74 Å². The number of benzene rings is 1. The van der Waals surface area contributed by atoms with Crippen LogP contribution in [0.3, 0.4) is 0 Å². The van der Waals surface area contributed by atoms with Gasteiger partial charge in [-0.05, 0) is 62.5 Å². The summed E-state index contributed by atoms with van der Waals surface area (Å²) < 4.78 is 5.93. The molecule has 2 saturated heterocycles. The summed E-state index contributed by atoms with van der Waals surface area (Å²) in [6.45, 7) is 3.67. The van der Waals surface area contributed by atoms with Gasteiger partial charge in [-0.15, -0.1) is 0 Å². The quantitative estimate of drug-likeness (QED) is 0.822. The first-order valence-corrected chi connectivity index (χ1v) is 10.3. The van der Waals surface area contributed by atoms with Crippen molar-refractivity contribution in [1.29, 1.82) is 0 Å². The van der Waals surface area contributed by atoms with Crippen LogP contribution in [0.5, 0.6) is 0 Å². The van der Waals surface area contributed by atoms with Gasteiger partial charge in [-0.1, -0.05) is 18.2 Å². The molecule has 1 aromatic rings. The molecule has 1 aliphatic carbocycles. The van der Waals surface area contributed by atoms with E-state index in [0.29, 0.717) is 11.8 Å². The van der Waals surface area contributed by atoms with Gasteiger partial charge in [-0.2, -0.15) is 0 Å². The lowest BCUT2D eigenvalue weighted by Gasteiger charge is -2.31. The summed E-state index contributed by atoms with van der Waals surface area (Å²) in [7, 11) is 0. The van der Waals surface area contributed by atoms with Gasteiger partial charge >= 0.3 is 6.03 Å². The van der Waals surface area contributed by atoms with Crippen molar-refractivity contribution in [2.75, 3.05) is 31.1 Å². The largest absolute Gasteiger partial charge is 0.376 e. The molecular formula is C21H31N3O2. The fourth-order valence-corrected chi connectivity index (χ4v) is 4.33. The van der Waals surface area contributed by atoms with Crippen LogP contribution < -0.4 is 15.5 Å². The monoisotopic (exact) mass is 357 g/mol. The van der Waals surface area contributed by atoms with Gasteiger partial charge in [0.15, 0.2) is 0 Å². The number of rotatable bonds is 6. The molecule has 5 heteroatoms. The lowest BCUT2D eigenvalue weighted by atomic mass is 9.98. The second-order valence-corrected chi connectivity index (χ2v) is 8.06. The van der Waals surface area contributed by atoms with Crippen molar-refractivity contribution in [3.63, 3.8) is 0 Å². The molecular weight excluding hydrogens is 326 g/mol. The van der Waals surface area contributed by atoms with Crippen LogP contribution in [-0.4, -0.2) is 44.4 Å². The van der Waals surface area contributed by atoms with Crippen molar-refractivity contribution in [2.24, 2.45) is 11.8 Å². The molecule has 3 atom stereocenters. The Morgan fingerprint density at radius 2 is 2.00 bits per heavy atom. The number of anilines is 1. The van der Waals surface area contributed by atoms with Gasteiger partial charge in [-0.3, -0.25) is 0 Å². The Bertz CT molecular complexity index is 584. The molecule has 2 aliphatic heterocycles. The van der Waals surface area contributed by atoms with E-state index in [2.05, 4.69) is 45.9 Å². The highest BCUT2D eigenvalue weighted by Gasteiger charge is 2.38. The molecule has 5 nitrogen and oxygen atoms in total. The summed E-state index contributed by atoms with van der Waals surface area (Å²) in [5.74, 6) is 1.13. The molecule has 4 rings (SSSR count). The zero-order valence-electron chi connectivity index (χ0n) is 15.5. The maximum atomic E-state index is 12.4. The second kappa shape index (κ2) is 8.30. The van der Waals surface area contributed by atoms with Crippen LogP contribution in [0.1, 0.15) is 38.5 Å². The number of nitrogens with one attached hydrogen (secondary N) is 2. The molecule has 1 saturated carbocycles. The standard InChI is InChI=1S/C21H31N3O2/c25-21(23-20(17-9-10-17)19-8-4-5-13-26-19)22-14-16-11-12-24(15-16)18-6-2-1-3-7-18/h1-3,6-7,16-17,19-20H,4-5,8-15H2,(H2,22,23,25). The fraction of sp³-hybridized carbons (Fsp3) is 0.667. The highest BCUT2D eigenvalue weighted by molar-refractivity contribution is 5.74. The Hall–Kier alpha value is -1.75. The van der Waals surface area contributed by atoms with Crippen LogP contribution >= 0.6 is 0 Å². The zero-order chi connectivity index (χ0) is 17.8. The molecule has 3 unspecified atom stereocenters. The molecule has 3 fully saturated rings. The van der Waals surface area contributed by atoms with Gasteiger partial charge < -0.3 is 20.3 Å². The average Bonchev–Trinajstić information content (AvgIpc) is 3.42. The zero-order valence-corrected chi connectivity index (χ0v) is 15.5. The third-order valence-corrected chi connectivity index (χ3v) is 6.00. The lowest BCUT2D eigenvalue weighted by molar-refractivity contribution is -0.00978. The molecule has 142 valence electrons. The molecule has 1 aromatic carbocycles. The highest BCUT2D eigenvalue weighted by Crippen LogP contribution is 2.36. The van der Waals surface area contributed by atoms with Crippen LogP contribution in [0.4, 0.5) is 10.5 Å². The molecule has 2 heterocycles. The van der Waals surface area contributed by atoms with E-state index < -0.39 is 0 Å². The van der Waals surface area contributed by atoms with E-state index >= 15 is 0 Å². The number of hydrogen-bond donors (Lipinski definition) is 2. The minimum atomic E-state index is -0.0192. The van der Waals surface area contributed by atoms with Crippen molar-refractivity contribution >= 4 is 11.7 Å². The molecule has 0 bridgehead atoms. The van der Waals surface area contributed by atoms with Gasteiger partial charge in [0.1, 0.15) is 0 Å². The number of amides is 2. The SMILES string of the molecule is O=C(NCC1CCN(c2ccccc2)C1)NC(C1CC1)C1CCCCO1. The molecule has 26 heavy (non-hydrogen) atoms. The van der Waals surface area contributed by atoms with Gasteiger partial charge in [0.05, 0.1) is 12.1 Å². The Labute approximate surface area is 156 Å². The van der Waals surface area contributed by atoms with E-state index in [0.717, 1.165) is 45.5 Å². The number of hydrogen-bond acceptors (Lipinski definition) is 3. The van der Waals surface area contributed by atoms with Gasteiger partial charge in [0.2, 0.25) is 0 Å². The summed E-state index contributed by atoms with van der Waals surface area (Å²) in [4.78, 5) is 14.9. The van der Waals surface area contributed by atoms with Crippen LogP contribution in [0.15, 0.2) is 30.3 Å². The van der Waals surface area contributed by atoms with Gasteiger partial charge in [0, 0.05) is 31.9 Å². The number of para-hydroxylation sites is 1. The number of carbonyl (C=O) groups excluding carboxylic acids is 1. The summed E-state index contributed by atoms with van der Waals surface area (Å²) in [6, 6.07) is 10.7. The Morgan fingerprint density at radius 3 is 2.73 bits per heavy atom. The van der Waals surface area contributed by atoms with Crippen molar-refractivity contribution < 1.29 is 9.53 Å². The van der Waals surface area contributed by atoms with Crippen molar-refractivity contribution in [3.8, 4) is 0 Å². The number of urea groups is 1. The van der Waals surface area contributed by atoms with Crippen LogP contribution in [0, 0.1) is 11.8 Å². The van der Waals surface area contributed by atoms with E-state index in [1.54, 1.807) is 0 Å². The first kappa shape index (κ1) is 17.7. The van der Waals surface area contributed by atoms with E-state index in [9.17, 15) is 4.79 Å². The number of ether oxygens (including phenoxy) is 1. The van der Waals surface area contributed by atoms with Crippen molar-refractivity contribution in [2.45, 2.75) is 50.7 Å². The number of nitrogens with zero attached hydrogens (tertiary/aromatic N) is 1. The Balaban J connectivity index is 1.22. The normalized spacial score (nSPS) is 27.2. The van der Waals surface area contributed by atoms with Gasteiger partial charge in [-0.25, -0.2) is 4.79 Å². The smallest absolute Gasteiger partial charge is 0.315 e. The molecule has 0 aromatic heterocycles. The molecule has 2 amide bonds. The van der Waals surface area contributed by atoms with E-state index in [4.69, 9.17) is 4.74 Å². The molecule has 0 spiro atoms. The first-order valence-electron chi connectivity index (χ1n) is 10.3. The summed E-state index contributed by atoms with van der Waals surface area (Å²) in [5, 5.41) is 6.34. The van der Waals surface area contributed by atoms with Crippen molar-refractivity contribution in [1.82, 2.24) is 10.6 Å². The summed E-state index contributed by atoms with van der Waals surface area (Å²) >= 11 is 0. The predicted octanol–water partition coefficient (Wildman–Crippen LogP) is 3.16. The molecule has 2 N–H and O–H groups in total. The highest BCUT2D eigenvalue weighted by atomic mass is 16.5. The minimum absolute atomic E-state index is 0.0192. The predicted molar refractivity (Wildman–Crippen MR) is 103 cm³/mol. The van der Waals surface area contributed by atoms with Gasteiger partial charge in [0.25, 0.3) is 0 Å². The van der Waals surface area contributed by atoms with E-state index in [-0.39, 0.29) is 18.2 Å². The molecule has 0 radical (unpaired) electrons. The van der Waals surface area contributed by atoms with Crippen molar-refractivity contribution in [3.05, 3.63) is 30.3 Å². The van der Waals surface area contributed by atoms with E-state index in [1.807, 2.05) is 0 Å². The van der Waals surface area contributed by atoms with Crippen LogP contribution in [0.2, 0.25) is 0 Å². The third-order valence-electron chi connectivity index (χ3n) is 6.00. The Morgan fingerprint density at radius 1 is 1.15 bits per heavy atom. The summed E-state index contributed by atoms with van der Waals surface area (Å²) in [6.07, 6.45) is 7.23. The summed E-state index contributed by atoms with van der Waals surface area (Å²) in [5.41, 5.74) is 1.28.